The van der Waals surface area contributed by atoms with Crippen molar-refractivity contribution in [2.45, 2.75) is 6.54 Å². The van der Waals surface area contributed by atoms with Crippen LogP contribution >= 0.6 is 0 Å². The number of fused-ring (bicyclic) bond motifs is 1. The summed E-state index contributed by atoms with van der Waals surface area (Å²) in [5.41, 5.74) is 2.98. The second-order valence-electron chi connectivity index (χ2n) is 6.27. The Kier molecular flexibility index (Phi) is 5.12. The second-order valence-corrected chi connectivity index (χ2v) is 6.27. The largest absolute Gasteiger partial charge is 0.324 e. The fourth-order valence-electron chi connectivity index (χ4n) is 2.87. The zero-order valence-corrected chi connectivity index (χ0v) is 15.4. The van der Waals surface area contributed by atoms with Crippen molar-refractivity contribution in [3.05, 3.63) is 101 Å². The van der Waals surface area contributed by atoms with Gasteiger partial charge in [0.2, 0.25) is 5.91 Å². The number of nitrogens with one attached hydrogen (secondary N) is 1. The van der Waals surface area contributed by atoms with Crippen LogP contribution in [0.1, 0.15) is 11.3 Å². The molecule has 0 radical (unpaired) electrons. The van der Waals surface area contributed by atoms with Crippen LogP contribution in [0.3, 0.4) is 0 Å². The van der Waals surface area contributed by atoms with E-state index in [1.54, 1.807) is 30.5 Å². The first kappa shape index (κ1) is 18.1. The van der Waals surface area contributed by atoms with E-state index in [2.05, 4.69) is 27.1 Å². The molecule has 1 N–H and O–H groups in total. The van der Waals surface area contributed by atoms with Crippen LogP contribution in [0.25, 0.3) is 11.0 Å². The molecule has 29 heavy (non-hydrogen) atoms. The second kappa shape index (κ2) is 8.19. The molecular formula is C23H16N4O2. The highest BCUT2D eigenvalue weighted by Gasteiger charge is 2.09. The fraction of sp³-hybridized carbons (Fsp3) is 0.0435. The van der Waals surface area contributed by atoms with Gasteiger partial charge in [0.05, 0.1) is 17.2 Å². The van der Waals surface area contributed by atoms with Crippen LogP contribution in [0, 0.1) is 11.8 Å². The quantitative estimate of drug-likeness (QED) is 0.555. The lowest BCUT2D eigenvalue weighted by atomic mass is 10.2. The summed E-state index contributed by atoms with van der Waals surface area (Å²) in [4.78, 5) is 33.0. The lowest BCUT2D eigenvalue weighted by Gasteiger charge is -2.10. The molecule has 0 atom stereocenters. The van der Waals surface area contributed by atoms with Crippen LogP contribution in [-0.2, 0) is 11.3 Å². The molecule has 4 aromatic rings. The van der Waals surface area contributed by atoms with Crippen LogP contribution in [0.15, 0.2) is 83.9 Å². The Morgan fingerprint density at radius 2 is 1.83 bits per heavy atom. The summed E-state index contributed by atoms with van der Waals surface area (Å²) in [5, 5.41) is 2.82. The van der Waals surface area contributed by atoms with Crippen molar-refractivity contribution < 1.29 is 4.79 Å². The Balaban J connectivity index is 1.52. The third-order valence-electron chi connectivity index (χ3n) is 4.20. The summed E-state index contributed by atoms with van der Waals surface area (Å²) in [5.74, 6) is 5.71. The maximum Gasteiger partial charge on any atom is 0.269 e. The van der Waals surface area contributed by atoms with Crippen molar-refractivity contribution in [1.82, 2.24) is 14.5 Å². The van der Waals surface area contributed by atoms with E-state index in [4.69, 9.17) is 0 Å². The number of hydrogen-bond donors (Lipinski definition) is 1. The van der Waals surface area contributed by atoms with E-state index in [1.165, 1.54) is 10.8 Å². The lowest BCUT2D eigenvalue weighted by molar-refractivity contribution is -0.116. The van der Waals surface area contributed by atoms with Crippen molar-refractivity contribution in [2.24, 2.45) is 0 Å². The standard InChI is InChI=1S/C23H16N4O2/c28-22(16-27-21-10-2-1-9-20(21)25-15-23(27)29)26-19-8-5-6-17(14-19)11-12-18-7-3-4-13-24-18/h1-10,13-15H,16H2,(H,26,28). The van der Waals surface area contributed by atoms with Gasteiger partial charge in [-0.1, -0.05) is 30.2 Å². The van der Waals surface area contributed by atoms with E-state index in [9.17, 15) is 9.59 Å². The number of rotatable bonds is 3. The maximum atomic E-state index is 12.5. The van der Waals surface area contributed by atoms with E-state index in [1.807, 2.05) is 42.5 Å². The van der Waals surface area contributed by atoms with Gasteiger partial charge in [-0.3, -0.25) is 14.2 Å². The third-order valence-corrected chi connectivity index (χ3v) is 4.20. The zero-order valence-electron chi connectivity index (χ0n) is 15.4. The molecule has 0 bridgehead atoms. The summed E-state index contributed by atoms with van der Waals surface area (Å²) in [6.07, 6.45) is 2.91. The summed E-state index contributed by atoms with van der Waals surface area (Å²) >= 11 is 0. The number of pyridine rings is 1. The topological polar surface area (TPSA) is 76.9 Å². The van der Waals surface area contributed by atoms with Crippen molar-refractivity contribution in [1.29, 1.82) is 0 Å². The molecule has 4 rings (SSSR count). The first-order chi connectivity index (χ1) is 14.2. The van der Waals surface area contributed by atoms with Crippen molar-refractivity contribution in [3.8, 4) is 11.8 Å². The van der Waals surface area contributed by atoms with Gasteiger partial charge in [-0.2, -0.15) is 0 Å². The average Bonchev–Trinajstić information content (AvgIpc) is 2.75. The number of anilines is 1. The van der Waals surface area contributed by atoms with Crippen LogP contribution in [0.5, 0.6) is 0 Å². The normalized spacial score (nSPS) is 10.2. The van der Waals surface area contributed by atoms with Crippen molar-refractivity contribution >= 4 is 22.6 Å². The number of benzene rings is 2. The van der Waals surface area contributed by atoms with E-state index in [0.29, 0.717) is 22.4 Å². The smallest absolute Gasteiger partial charge is 0.269 e. The number of carbonyl (C=O) groups excluding carboxylic acids is 1. The number of nitrogens with zero attached hydrogens (tertiary/aromatic N) is 3. The van der Waals surface area contributed by atoms with Gasteiger partial charge in [-0.05, 0) is 48.4 Å². The molecule has 6 heteroatoms. The Labute approximate surface area is 166 Å². The minimum atomic E-state index is -0.325. The molecule has 2 aromatic heterocycles. The first-order valence-electron chi connectivity index (χ1n) is 8.96. The third kappa shape index (κ3) is 4.37. The molecule has 0 spiro atoms. The van der Waals surface area contributed by atoms with Gasteiger partial charge in [0, 0.05) is 17.4 Å². The minimum absolute atomic E-state index is 0.105. The highest BCUT2D eigenvalue weighted by molar-refractivity contribution is 5.91. The number of hydrogen-bond acceptors (Lipinski definition) is 4. The van der Waals surface area contributed by atoms with E-state index < -0.39 is 0 Å². The van der Waals surface area contributed by atoms with Gasteiger partial charge in [-0.25, -0.2) is 9.97 Å². The van der Waals surface area contributed by atoms with Crippen LogP contribution < -0.4 is 10.9 Å². The van der Waals surface area contributed by atoms with Gasteiger partial charge >= 0.3 is 0 Å². The number of carbonyl (C=O) groups is 1. The first-order valence-corrected chi connectivity index (χ1v) is 8.96. The SMILES string of the molecule is O=C(Cn1c(=O)cnc2ccccc21)Nc1cccc(C#Cc2ccccn2)c1. The molecule has 0 saturated carbocycles. The van der Waals surface area contributed by atoms with E-state index in [-0.39, 0.29) is 18.0 Å². The zero-order chi connectivity index (χ0) is 20.1. The predicted molar refractivity (Wildman–Crippen MR) is 111 cm³/mol. The summed E-state index contributed by atoms with van der Waals surface area (Å²) in [6.45, 7) is -0.105. The summed E-state index contributed by atoms with van der Waals surface area (Å²) in [6, 6.07) is 20.0. The van der Waals surface area contributed by atoms with Gasteiger partial charge in [-0.15, -0.1) is 0 Å². The Bertz CT molecular complexity index is 1300. The van der Waals surface area contributed by atoms with Crippen LogP contribution in [0.2, 0.25) is 0 Å². The molecule has 0 aliphatic carbocycles. The molecule has 6 nitrogen and oxygen atoms in total. The summed E-state index contributed by atoms with van der Waals surface area (Å²) < 4.78 is 1.41. The number of aromatic nitrogens is 3. The molecule has 1 amide bonds. The Morgan fingerprint density at radius 1 is 0.966 bits per heavy atom. The Morgan fingerprint density at radius 3 is 2.69 bits per heavy atom. The van der Waals surface area contributed by atoms with Crippen molar-refractivity contribution in [2.75, 3.05) is 5.32 Å². The van der Waals surface area contributed by atoms with Crippen LogP contribution in [0.4, 0.5) is 5.69 Å². The minimum Gasteiger partial charge on any atom is -0.324 e. The highest BCUT2D eigenvalue weighted by Crippen LogP contribution is 2.12. The van der Waals surface area contributed by atoms with Gasteiger partial charge in [0.25, 0.3) is 5.56 Å². The number of amides is 1. The Hall–Kier alpha value is -4.24. The molecular weight excluding hydrogens is 364 g/mol. The maximum absolute atomic E-state index is 12.5. The lowest BCUT2D eigenvalue weighted by Crippen LogP contribution is -2.28. The van der Waals surface area contributed by atoms with Gasteiger partial charge in [0.1, 0.15) is 12.2 Å². The number of para-hydroxylation sites is 2. The highest BCUT2D eigenvalue weighted by atomic mass is 16.2. The molecule has 2 heterocycles. The van der Waals surface area contributed by atoms with E-state index in [0.717, 1.165) is 5.56 Å². The average molecular weight is 380 g/mol. The summed E-state index contributed by atoms with van der Waals surface area (Å²) in [7, 11) is 0. The monoisotopic (exact) mass is 380 g/mol. The molecule has 0 unspecified atom stereocenters. The molecule has 0 saturated heterocycles. The predicted octanol–water partition coefficient (Wildman–Crippen LogP) is 2.83. The van der Waals surface area contributed by atoms with E-state index >= 15 is 0 Å². The van der Waals surface area contributed by atoms with Gasteiger partial charge in [0.15, 0.2) is 0 Å². The molecule has 0 aliphatic heterocycles. The van der Waals surface area contributed by atoms with Gasteiger partial charge < -0.3 is 5.32 Å². The fourth-order valence-corrected chi connectivity index (χ4v) is 2.87. The van der Waals surface area contributed by atoms with Crippen LogP contribution in [-0.4, -0.2) is 20.4 Å². The van der Waals surface area contributed by atoms with Crippen molar-refractivity contribution in [3.63, 3.8) is 0 Å². The molecule has 0 fully saturated rings. The molecule has 2 aromatic carbocycles. The molecule has 140 valence electrons. The molecule has 0 aliphatic rings.